The molecule has 1 aliphatic rings. The molecule has 19 heavy (non-hydrogen) atoms. The molecule has 1 aromatic heterocycles. The van der Waals surface area contributed by atoms with E-state index in [0.717, 1.165) is 29.1 Å². The van der Waals surface area contributed by atoms with Crippen molar-refractivity contribution in [2.75, 3.05) is 0 Å². The third kappa shape index (κ3) is 2.08. The lowest BCUT2D eigenvalue weighted by Gasteiger charge is -2.19. The van der Waals surface area contributed by atoms with E-state index >= 15 is 0 Å². The van der Waals surface area contributed by atoms with E-state index in [4.69, 9.17) is 11.6 Å². The molecule has 0 unspecified atom stereocenters. The third-order valence-electron chi connectivity index (χ3n) is 3.58. The largest absolute Gasteiger partial charge is 0.294 e. The number of Topliss-reactive ketones (excluding diaryl/α,β-unsaturated/α-hetero) is 1. The van der Waals surface area contributed by atoms with Gasteiger partial charge in [0.15, 0.2) is 5.78 Å². The second-order valence-electron chi connectivity index (χ2n) is 5.23. The molecular formula is C15H15ClN2O. The van der Waals surface area contributed by atoms with Crippen molar-refractivity contribution in [2.45, 2.75) is 26.7 Å². The van der Waals surface area contributed by atoms with Crippen LogP contribution in [0, 0.1) is 12.8 Å². The highest BCUT2D eigenvalue weighted by Gasteiger charge is 2.29. The maximum Gasteiger partial charge on any atom is 0.166 e. The number of hydrogen-bond donors (Lipinski definition) is 0. The van der Waals surface area contributed by atoms with Gasteiger partial charge in [-0.15, -0.1) is 0 Å². The minimum atomic E-state index is 0.214. The molecule has 0 bridgehead atoms. The van der Waals surface area contributed by atoms with Crippen LogP contribution < -0.4 is 0 Å². The molecule has 1 aliphatic carbocycles. The number of aryl methyl sites for hydroxylation is 1. The topological polar surface area (TPSA) is 34.9 Å². The zero-order chi connectivity index (χ0) is 13.6. The van der Waals surface area contributed by atoms with Crippen molar-refractivity contribution in [3.05, 3.63) is 46.2 Å². The van der Waals surface area contributed by atoms with E-state index in [1.54, 1.807) is 0 Å². The Morgan fingerprint density at radius 1 is 1.26 bits per heavy atom. The Hall–Kier alpha value is -1.61. The fraction of sp³-hybridized carbons (Fsp3) is 0.333. The van der Waals surface area contributed by atoms with Gasteiger partial charge in [0.25, 0.3) is 0 Å². The minimum Gasteiger partial charge on any atom is -0.294 e. The van der Waals surface area contributed by atoms with Gasteiger partial charge in [-0.1, -0.05) is 18.5 Å². The van der Waals surface area contributed by atoms with Crippen LogP contribution in [-0.2, 0) is 6.42 Å². The van der Waals surface area contributed by atoms with E-state index in [-0.39, 0.29) is 5.78 Å². The van der Waals surface area contributed by atoms with Gasteiger partial charge in [0, 0.05) is 11.4 Å². The van der Waals surface area contributed by atoms with Crippen molar-refractivity contribution in [1.82, 2.24) is 9.78 Å². The monoisotopic (exact) mass is 274 g/mol. The first kappa shape index (κ1) is 12.4. The minimum absolute atomic E-state index is 0.214. The number of hydrogen-bond acceptors (Lipinski definition) is 2. The molecule has 0 saturated heterocycles. The standard InChI is InChI=1S/C15H15ClN2O/c1-9-7-13-15(14(19)8-9)10(2)17-18(13)12-5-3-11(16)4-6-12/h3-6,9H,7-8H2,1-2H3/t9-/m1/s1. The lowest BCUT2D eigenvalue weighted by atomic mass is 9.87. The zero-order valence-corrected chi connectivity index (χ0v) is 11.7. The van der Waals surface area contributed by atoms with Gasteiger partial charge in [-0.05, 0) is 43.5 Å². The van der Waals surface area contributed by atoms with E-state index in [1.807, 2.05) is 35.9 Å². The first-order valence-corrected chi connectivity index (χ1v) is 6.81. The summed E-state index contributed by atoms with van der Waals surface area (Å²) in [6.45, 7) is 4.01. The van der Waals surface area contributed by atoms with E-state index < -0.39 is 0 Å². The van der Waals surface area contributed by atoms with Crippen molar-refractivity contribution < 1.29 is 4.79 Å². The number of nitrogens with zero attached hydrogens (tertiary/aromatic N) is 2. The van der Waals surface area contributed by atoms with E-state index in [2.05, 4.69) is 12.0 Å². The van der Waals surface area contributed by atoms with Gasteiger partial charge in [0.1, 0.15) is 0 Å². The van der Waals surface area contributed by atoms with Crippen molar-refractivity contribution >= 4 is 17.4 Å². The van der Waals surface area contributed by atoms with Crippen molar-refractivity contribution in [2.24, 2.45) is 5.92 Å². The average molecular weight is 275 g/mol. The van der Waals surface area contributed by atoms with Crippen LogP contribution in [0.15, 0.2) is 24.3 Å². The van der Waals surface area contributed by atoms with E-state index in [0.29, 0.717) is 17.4 Å². The first-order chi connectivity index (χ1) is 9.06. The van der Waals surface area contributed by atoms with Gasteiger partial charge in [0.05, 0.1) is 22.6 Å². The van der Waals surface area contributed by atoms with Crippen LogP contribution in [0.1, 0.15) is 35.1 Å². The molecular weight excluding hydrogens is 260 g/mol. The molecule has 0 aliphatic heterocycles. The lowest BCUT2D eigenvalue weighted by molar-refractivity contribution is 0.0952. The Morgan fingerprint density at radius 3 is 2.63 bits per heavy atom. The van der Waals surface area contributed by atoms with E-state index in [1.165, 1.54) is 0 Å². The van der Waals surface area contributed by atoms with Crippen molar-refractivity contribution in [3.63, 3.8) is 0 Å². The third-order valence-corrected chi connectivity index (χ3v) is 3.83. The SMILES string of the molecule is Cc1nn(-c2ccc(Cl)cc2)c2c1C(=O)C[C@H](C)C2. The summed E-state index contributed by atoms with van der Waals surface area (Å²) < 4.78 is 1.88. The van der Waals surface area contributed by atoms with Crippen LogP contribution in [0.5, 0.6) is 0 Å². The molecule has 0 spiro atoms. The molecule has 1 atom stereocenters. The Labute approximate surface area is 117 Å². The summed E-state index contributed by atoms with van der Waals surface area (Å²) in [5.74, 6) is 0.591. The Bertz CT molecular complexity index is 643. The average Bonchev–Trinajstić information content (AvgIpc) is 2.67. The molecule has 0 amide bonds. The summed E-state index contributed by atoms with van der Waals surface area (Å²) in [6.07, 6.45) is 1.52. The van der Waals surface area contributed by atoms with Crippen LogP contribution in [0.4, 0.5) is 0 Å². The Balaban J connectivity index is 2.16. The summed E-state index contributed by atoms with van der Waals surface area (Å²) in [4.78, 5) is 12.1. The molecule has 0 fully saturated rings. The molecule has 1 aromatic carbocycles. The number of halogens is 1. The predicted octanol–water partition coefficient (Wildman–Crippen LogP) is 3.60. The highest BCUT2D eigenvalue weighted by atomic mass is 35.5. The van der Waals surface area contributed by atoms with Gasteiger partial charge >= 0.3 is 0 Å². The molecule has 0 saturated carbocycles. The van der Waals surface area contributed by atoms with Gasteiger partial charge in [0.2, 0.25) is 0 Å². The van der Waals surface area contributed by atoms with Crippen LogP contribution in [0.3, 0.4) is 0 Å². The number of ketones is 1. The fourth-order valence-corrected chi connectivity index (χ4v) is 2.87. The molecule has 0 radical (unpaired) electrons. The molecule has 3 nitrogen and oxygen atoms in total. The number of benzene rings is 1. The van der Waals surface area contributed by atoms with Crippen LogP contribution in [0.2, 0.25) is 5.02 Å². The number of aromatic nitrogens is 2. The molecule has 3 rings (SSSR count). The highest BCUT2D eigenvalue weighted by molar-refractivity contribution is 6.30. The van der Waals surface area contributed by atoms with Gasteiger partial charge in [-0.25, -0.2) is 4.68 Å². The summed E-state index contributed by atoms with van der Waals surface area (Å²) in [7, 11) is 0. The maximum absolute atomic E-state index is 12.1. The van der Waals surface area contributed by atoms with Gasteiger partial charge in [-0.3, -0.25) is 4.79 Å². The highest BCUT2D eigenvalue weighted by Crippen LogP contribution is 2.29. The van der Waals surface area contributed by atoms with E-state index in [9.17, 15) is 4.79 Å². The first-order valence-electron chi connectivity index (χ1n) is 6.44. The molecule has 2 aromatic rings. The van der Waals surface area contributed by atoms with Crippen LogP contribution in [-0.4, -0.2) is 15.6 Å². The van der Waals surface area contributed by atoms with Gasteiger partial charge < -0.3 is 0 Å². The second kappa shape index (κ2) is 4.49. The van der Waals surface area contributed by atoms with Crippen LogP contribution in [0.25, 0.3) is 5.69 Å². The summed E-state index contributed by atoms with van der Waals surface area (Å²) >= 11 is 5.91. The maximum atomic E-state index is 12.1. The molecule has 1 heterocycles. The number of carbonyl (C=O) groups excluding carboxylic acids is 1. The van der Waals surface area contributed by atoms with Crippen molar-refractivity contribution in [3.8, 4) is 5.69 Å². The van der Waals surface area contributed by atoms with Gasteiger partial charge in [-0.2, -0.15) is 5.10 Å². The zero-order valence-electron chi connectivity index (χ0n) is 11.0. The smallest absolute Gasteiger partial charge is 0.166 e. The number of fused-ring (bicyclic) bond motifs is 1. The lowest BCUT2D eigenvalue weighted by Crippen LogP contribution is -2.19. The predicted molar refractivity (Wildman–Crippen MR) is 75.1 cm³/mol. The Morgan fingerprint density at radius 2 is 1.95 bits per heavy atom. The summed E-state index contributed by atoms with van der Waals surface area (Å²) in [5.41, 5.74) is 3.62. The molecule has 0 N–H and O–H groups in total. The van der Waals surface area contributed by atoms with Crippen molar-refractivity contribution in [1.29, 1.82) is 0 Å². The van der Waals surface area contributed by atoms with Crippen LogP contribution >= 0.6 is 11.6 Å². The Kier molecular flexibility index (Phi) is 2.94. The molecule has 98 valence electrons. The molecule has 4 heteroatoms. The normalized spacial score (nSPS) is 18.5. The second-order valence-corrected chi connectivity index (χ2v) is 5.67. The number of rotatable bonds is 1. The fourth-order valence-electron chi connectivity index (χ4n) is 2.74. The quantitative estimate of drug-likeness (QED) is 0.796. The summed E-state index contributed by atoms with van der Waals surface area (Å²) in [6, 6.07) is 7.54. The number of carbonyl (C=O) groups is 1. The summed E-state index contributed by atoms with van der Waals surface area (Å²) in [5, 5.41) is 5.23.